The van der Waals surface area contributed by atoms with Crippen molar-refractivity contribution in [3.63, 3.8) is 0 Å². The molecule has 1 atom stereocenters. The van der Waals surface area contributed by atoms with Crippen LogP contribution in [0.4, 0.5) is 5.69 Å². The Hall–Kier alpha value is -2.21. The van der Waals surface area contributed by atoms with E-state index >= 15 is 0 Å². The molecular weight excluding hydrogens is 322 g/mol. The van der Waals surface area contributed by atoms with Gasteiger partial charge in [-0.1, -0.05) is 13.8 Å². The van der Waals surface area contributed by atoms with Gasteiger partial charge in [-0.05, 0) is 49.4 Å². The Balaban J connectivity index is 1.84. The third-order valence-electron chi connectivity index (χ3n) is 4.20. The monoisotopic (exact) mass is 347 g/mol. The van der Waals surface area contributed by atoms with Crippen LogP contribution >= 0.6 is 0 Å². The second kappa shape index (κ2) is 8.76. The zero-order chi connectivity index (χ0) is 18.4. The molecule has 1 heterocycles. The molecule has 1 unspecified atom stereocenters. The van der Waals surface area contributed by atoms with Gasteiger partial charge >= 0.3 is 5.97 Å². The van der Waals surface area contributed by atoms with Crippen molar-refractivity contribution in [1.82, 2.24) is 0 Å². The number of ketones is 1. The molecule has 0 aliphatic carbocycles. The molecule has 1 aromatic rings. The summed E-state index contributed by atoms with van der Waals surface area (Å²) in [7, 11) is 0. The van der Waals surface area contributed by atoms with E-state index in [1.807, 2.05) is 0 Å². The molecule has 0 fully saturated rings. The number of amides is 1. The van der Waals surface area contributed by atoms with E-state index in [0.717, 1.165) is 30.5 Å². The highest BCUT2D eigenvalue weighted by atomic mass is 16.6. The first-order valence-corrected chi connectivity index (χ1v) is 8.58. The van der Waals surface area contributed by atoms with Crippen LogP contribution in [-0.4, -0.2) is 44.0 Å². The van der Waals surface area contributed by atoms with Crippen molar-refractivity contribution < 1.29 is 23.9 Å². The van der Waals surface area contributed by atoms with Gasteiger partial charge in [0.1, 0.15) is 0 Å². The van der Waals surface area contributed by atoms with Gasteiger partial charge < -0.3 is 14.4 Å². The summed E-state index contributed by atoms with van der Waals surface area (Å²) in [6.07, 6.45) is 1.68. The van der Waals surface area contributed by atoms with Gasteiger partial charge in [0, 0.05) is 24.4 Å². The predicted octanol–water partition coefficient (Wildman–Crippen LogP) is 2.38. The van der Waals surface area contributed by atoms with E-state index in [1.54, 1.807) is 30.0 Å². The van der Waals surface area contributed by atoms with E-state index in [1.165, 1.54) is 0 Å². The topological polar surface area (TPSA) is 72.9 Å². The molecule has 0 saturated carbocycles. The van der Waals surface area contributed by atoms with Crippen LogP contribution in [0.15, 0.2) is 18.2 Å². The standard InChI is InChI=1S/C19H25NO5/c1-13(2)7-9-24-14(3)19(23)25-11-18(22)16-4-5-17-15(10-16)6-8-20(17)12-21/h4-5,10,12-14H,6-9,11H2,1-3H3. The molecule has 1 aliphatic rings. The number of hydrogen-bond acceptors (Lipinski definition) is 5. The summed E-state index contributed by atoms with van der Waals surface area (Å²) in [5.41, 5.74) is 2.26. The van der Waals surface area contributed by atoms with Crippen molar-refractivity contribution in [2.45, 2.75) is 39.7 Å². The third-order valence-corrected chi connectivity index (χ3v) is 4.20. The molecule has 25 heavy (non-hydrogen) atoms. The molecule has 1 amide bonds. The third kappa shape index (κ3) is 5.13. The fraction of sp³-hybridized carbons (Fsp3) is 0.526. The van der Waals surface area contributed by atoms with Crippen molar-refractivity contribution in [3.05, 3.63) is 29.3 Å². The predicted molar refractivity (Wildman–Crippen MR) is 93.7 cm³/mol. The van der Waals surface area contributed by atoms with Gasteiger partial charge in [0.05, 0.1) is 0 Å². The average molecular weight is 347 g/mol. The first kappa shape index (κ1) is 19.1. The van der Waals surface area contributed by atoms with Crippen LogP contribution in [0.1, 0.15) is 43.1 Å². The number of carbonyl (C=O) groups is 3. The zero-order valence-corrected chi connectivity index (χ0v) is 15.0. The van der Waals surface area contributed by atoms with Gasteiger partial charge in [0.15, 0.2) is 18.5 Å². The Morgan fingerprint density at radius 1 is 1.28 bits per heavy atom. The summed E-state index contributed by atoms with van der Waals surface area (Å²) in [5, 5.41) is 0. The van der Waals surface area contributed by atoms with Gasteiger partial charge in [-0.15, -0.1) is 0 Å². The van der Waals surface area contributed by atoms with E-state index in [2.05, 4.69) is 13.8 Å². The number of hydrogen-bond donors (Lipinski definition) is 0. The molecular formula is C19H25NO5. The summed E-state index contributed by atoms with van der Waals surface area (Å²) in [6, 6.07) is 5.17. The molecule has 136 valence electrons. The number of Topliss-reactive ketones (excluding diaryl/α,β-unsaturated/α-hetero) is 1. The van der Waals surface area contributed by atoms with Gasteiger partial charge in [-0.3, -0.25) is 9.59 Å². The summed E-state index contributed by atoms with van der Waals surface area (Å²) >= 11 is 0. The normalized spacial score (nSPS) is 14.3. The fourth-order valence-corrected chi connectivity index (χ4v) is 2.60. The molecule has 6 nitrogen and oxygen atoms in total. The largest absolute Gasteiger partial charge is 0.455 e. The van der Waals surface area contributed by atoms with E-state index < -0.39 is 12.1 Å². The smallest absolute Gasteiger partial charge is 0.335 e. The van der Waals surface area contributed by atoms with Crippen molar-refractivity contribution in [3.8, 4) is 0 Å². The lowest BCUT2D eigenvalue weighted by Gasteiger charge is -2.13. The lowest BCUT2D eigenvalue weighted by Crippen LogP contribution is -2.26. The zero-order valence-electron chi connectivity index (χ0n) is 15.0. The van der Waals surface area contributed by atoms with Crippen molar-refractivity contribution in [2.75, 3.05) is 24.7 Å². The Morgan fingerprint density at radius 3 is 2.72 bits per heavy atom. The number of fused-ring (bicyclic) bond motifs is 1. The summed E-state index contributed by atoms with van der Waals surface area (Å²) < 4.78 is 10.5. The minimum absolute atomic E-state index is 0.268. The second-order valence-corrected chi connectivity index (χ2v) is 6.62. The molecule has 0 bridgehead atoms. The van der Waals surface area contributed by atoms with Crippen LogP contribution in [0.2, 0.25) is 0 Å². The van der Waals surface area contributed by atoms with E-state index in [-0.39, 0.29) is 12.4 Å². The second-order valence-electron chi connectivity index (χ2n) is 6.62. The number of rotatable bonds is 9. The molecule has 0 spiro atoms. The van der Waals surface area contributed by atoms with Crippen molar-refractivity contribution in [1.29, 1.82) is 0 Å². The number of esters is 1. The van der Waals surface area contributed by atoms with Gasteiger partial charge in [0.25, 0.3) is 0 Å². The molecule has 2 rings (SSSR count). The summed E-state index contributed by atoms with van der Waals surface area (Å²) in [4.78, 5) is 36.6. The molecule has 0 aromatic heterocycles. The maximum absolute atomic E-state index is 12.2. The molecule has 0 saturated heterocycles. The molecule has 0 radical (unpaired) electrons. The summed E-state index contributed by atoms with van der Waals surface area (Å²) in [6.45, 7) is 6.58. The minimum Gasteiger partial charge on any atom is -0.455 e. The van der Waals surface area contributed by atoms with Crippen LogP contribution in [0.3, 0.4) is 0 Å². The van der Waals surface area contributed by atoms with Gasteiger partial charge in [-0.25, -0.2) is 4.79 Å². The Labute approximate surface area is 148 Å². The summed E-state index contributed by atoms with van der Waals surface area (Å²) in [5.74, 6) is -0.305. The number of benzene rings is 1. The highest BCUT2D eigenvalue weighted by molar-refractivity contribution is 5.99. The van der Waals surface area contributed by atoms with Crippen LogP contribution in [0.5, 0.6) is 0 Å². The lowest BCUT2D eigenvalue weighted by molar-refractivity contribution is -0.155. The minimum atomic E-state index is -0.687. The van der Waals surface area contributed by atoms with Crippen LogP contribution in [0, 0.1) is 5.92 Å². The number of ether oxygens (including phenoxy) is 2. The molecule has 6 heteroatoms. The Morgan fingerprint density at radius 2 is 2.04 bits per heavy atom. The van der Waals surface area contributed by atoms with E-state index in [9.17, 15) is 14.4 Å². The molecule has 1 aliphatic heterocycles. The lowest BCUT2D eigenvalue weighted by atomic mass is 10.1. The number of anilines is 1. The highest BCUT2D eigenvalue weighted by Crippen LogP contribution is 2.27. The average Bonchev–Trinajstić information content (AvgIpc) is 3.01. The SMILES string of the molecule is CC(C)CCOC(C)C(=O)OCC(=O)c1ccc2c(c1)CCN2C=O. The van der Waals surface area contributed by atoms with Crippen LogP contribution in [0.25, 0.3) is 0 Å². The first-order valence-electron chi connectivity index (χ1n) is 8.58. The van der Waals surface area contributed by atoms with Crippen molar-refractivity contribution in [2.24, 2.45) is 5.92 Å². The van der Waals surface area contributed by atoms with Crippen LogP contribution < -0.4 is 4.90 Å². The van der Waals surface area contributed by atoms with Crippen molar-refractivity contribution >= 4 is 23.9 Å². The maximum atomic E-state index is 12.2. The number of carbonyl (C=O) groups excluding carboxylic acids is 3. The van der Waals surface area contributed by atoms with Crippen LogP contribution in [-0.2, 0) is 25.5 Å². The molecule has 1 aromatic carbocycles. The van der Waals surface area contributed by atoms with E-state index in [0.29, 0.717) is 24.6 Å². The van der Waals surface area contributed by atoms with Gasteiger partial charge in [-0.2, -0.15) is 0 Å². The number of nitrogens with zero attached hydrogens (tertiary/aromatic N) is 1. The quantitative estimate of drug-likeness (QED) is 0.390. The first-order chi connectivity index (χ1) is 11.9. The maximum Gasteiger partial charge on any atom is 0.335 e. The highest BCUT2D eigenvalue weighted by Gasteiger charge is 2.21. The van der Waals surface area contributed by atoms with E-state index in [4.69, 9.17) is 9.47 Å². The van der Waals surface area contributed by atoms with Gasteiger partial charge in [0.2, 0.25) is 6.41 Å². The fourth-order valence-electron chi connectivity index (χ4n) is 2.60. The molecule has 0 N–H and O–H groups in total. The Kier molecular flexibility index (Phi) is 6.70. The Bertz CT molecular complexity index is 641.